The van der Waals surface area contributed by atoms with E-state index in [2.05, 4.69) is 10.2 Å². The highest BCUT2D eigenvalue weighted by molar-refractivity contribution is 6.31. The molecule has 2 aliphatic heterocycles. The average molecular weight is 307 g/mol. The minimum absolute atomic E-state index is 0.0480. The second-order valence-electron chi connectivity index (χ2n) is 6.21. The van der Waals surface area contributed by atoms with Gasteiger partial charge in [0.25, 0.3) is 0 Å². The molecule has 2 aliphatic rings. The third-order valence-corrected chi connectivity index (χ3v) is 5.24. The zero-order chi connectivity index (χ0) is 14.8. The largest absolute Gasteiger partial charge is 0.317 e. The van der Waals surface area contributed by atoms with Crippen molar-refractivity contribution in [2.75, 3.05) is 19.6 Å². The zero-order valence-electron chi connectivity index (χ0n) is 12.6. The van der Waals surface area contributed by atoms with Gasteiger partial charge in [-0.25, -0.2) is 0 Å². The Morgan fingerprint density at radius 3 is 2.76 bits per heavy atom. The van der Waals surface area contributed by atoms with Crippen LogP contribution in [-0.2, 0) is 0 Å². The van der Waals surface area contributed by atoms with Gasteiger partial charge < -0.3 is 5.32 Å². The van der Waals surface area contributed by atoms with E-state index in [0.717, 1.165) is 56.4 Å². The molecule has 114 valence electrons. The van der Waals surface area contributed by atoms with Gasteiger partial charge in [-0.15, -0.1) is 0 Å². The van der Waals surface area contributed by atoms with Gasteiger partial charge in [-0.2, -0.15) is 0 Å². The SMILES string of the molecule is Cc1ccc(C(=O)C2CCCN2C2CCNCC2)cc1Cl. The average Bonchev–Trinajstić information content (AvgIpc) is 2.99. The summed E-state index contributed by atoms with van der Waals surface area (Å²) in [6.45, 7) is 5.16. The van der Waals surface area contributed by atoms with Gasteiger partial charge in [0.05, 0.1) is 6.04 Å². The molecule has 0 spiro atoms. The van der Waals surface area contributed by atoms with Crippen molar-refractivity contribution in [1.82, 2.24) is 10.2 Å². The molecule has 1 unspecified atom stereocenters. The standard InChI is InChI=1S/C17H23ClN2O/c1-12-4-5-13(11-15(12)18)17(21)16-3-2-10-20(16)14-6-8-19-9-7-14/h4-5,11,14,16,19H,2-3,6-10H2,1H3. The Kier molecular flexibility index (Phi) is 4.63. The highest BCUT2D eigenvalue weighted by Crippen LogP contribution is 2.28. The van der Waals surface area contributed by atoms with Gasteiger partial charge in [-0.3, -0.25) is 9.69 Å². The smallest absolute Gasteiger partial charge is 0.180 e. The van der Waals surface area contributed by atoms with Crippen LogP contribution in [0.15, 0.2) is 18.2 Å². The highest BCUT2D eigenvalue weighted by Gasteiger charge is 2.36. The van der Waals surface area contributed by atoms with Crippen LogP contribution in [0.3, 0.4) is 0 Å². The molecule has 2 saturated heterocycles. The minimum atomic E-state index is 0.0480. The van der Waals surface area contributed by atoms with Crippen LogP contribution < -0.4 is 5.32 Å². The van der Waals surface area contributed by atoms with Gasteiger partial charge >= 0.3 is 0 Å². The van der Waals surface area contributed by atoms with Crippen molar-refractivity contribution in [3.8, 4) is 0 Å². The van der Waals surface area contributed by atoms with E-state index in [1.807, 2.05) is 25.1 Å². The van der Waals surface area contributed by atoms with E-state index in [1.54, 1.807) is 0 Å². The van der Waals surface area contributed by atoms with Crippen molar-refractivity contribution in [3.63, 3.8) is 0 Å². The van der Waals surface area contributed by atoms with Crippen LogP contribution in [0.2, 0.25) is 5.02 Å². The summed E-state index contributed by atoms with van der Waals surface area (Å²) in [4.78, 5) is 15.3. The van der Waals surface area contributed by atoms with Crippen molar-refractivity contribution in [3.05, 3.63) is 34.3 Å². The molecule has 0 amide bonds. The molecule has 1 atom stereocenters. The maximum Gasteiger partial charge on any atom is 0.180 e. The highest BCUT2D eigenvalue weighted by atomic mass is 35.5. The van der Waals surface area contributed by atoms with E-state index in [4.69, 9.17) is 11.6 Å². The predicted octanol–water partition coefficient (Wildman–Crippen LogP) is 3.05. The molecule has 0 radical (unpaired) electrons. The number of rotatable bonds is 3. The first-order valence-electron chi connectivity index (χ1n) is 7.93. The molecular formula is C17H23ClN2O. The number of carbonyl (C=O) groups excluding carboxylic acids is 1. The number of hydrogen-bond acceptors (Lipinski definition) is 3. The Morgan fingerprint density at radius 2 is 2.05 bits per heavy atom. The summed E-state index contributed by atoms with van der Waals surface area (Å²) in [5, 5.41) is 4.09. The van der Waals surface area contributed by atoms with Crippen LogP contribution in [-0.4, -0.2) is 42.4 Å². The molecule has 0 saturated carbocycles. The molecule has 3 rings (SSSR count). The molecule has 1 aromatic rings. The molecule has 2 fully saturated rings. The topological polar surface area (TPSA) is 32.3 Å². The van der Waals surface area contributed by atoms with Gasteiger partial charge in [0.1, 0.15) is 0 Å². The van der Waals surface area contributed by atoms with E-state index < -0.39 is 0 Å². The van der Waals surface area contributed by atoms with Crippen molar-refractivity contribution in [1.29, 1.82) is 0 Å². The van der Waals surface area contributed by atoms with E-state index in [9.17, 15) is 4.79 Å². The van der Waals surface area contributed by atoms with Crippen LogP contribution >= 0.6 is 11.6 Å². The lowest BCUT2D eigenvalue weighted by Crippen LogP contribution is -2.47. The summed E-state index contributed by atoms with van der Waals surface area (Å²) >= 11 is 6.18. The Hall–Kier alpha value is -0.900. The summed E-state index contributed by atoms with van der Waals surface area (Å²) in [7, 11) is 0. The Bertz CT molecular complexity index is 526. The minimum Gasteiger partial charge on any atom is -0.317 e. The number of carbonyl (C=O) groups is 1. The maximum absolute atomic E-state index is 12.8. The summed E-state index contributed by atoms with van der Waals surface area (Å²) < 4.78 is 0. The van der Waals surface area contributed by atoms with Crippen molar-refractivity contribution < 1.29 is 4.79 Å². The Labute approximate surface area is 131 Å². The first-order chi connectivity index (χ1) is 10.2. The number of benzene rings is 1. The number of halogens is 1. The molecule has 21 heavy (non-hydrogen) atoms. The lowest BCUT2D eigenvalue weighted by Gasteiger charge is -2.35. The molecular weight excluding hydrogens is 284 g/mol. The third kappa shape index (κ3) is 3.15. The second-order valence-corrected chi connectivity index (χ2v) is 6.61. The van der Waals surface area contributed by atoms with Gasteiger partial charge in [0.15, 0.2) is 5.78 Å². The number of piperidine rings is 1. The normalized spacial score (nSPS) is 24.4. The number of aryl methyl sites for hydroxylation is 1. The Balaban J connectivity index is 1.77. The first kappa shape index (κ1) is 15.0. The fourth-order valence-electron chi connectivity index (χ4n) is 3.58. The predicted molar refractivity (Wildman–Crippen MR) is 86.1 cm³/mol. The van der Waals surface area contributed by atoms with Crippen LogP contribution in [0, 0.1) is 6.92 Å². The van der Waals surface area contributed by atoms with Crippen LogP contribution in [0.1, 0.15) is 41.6 Å². The zero-order valence-corrected chi connectivity index (χ0v) is 13.3. The van der Waals surface area contributed by atoms with Gasteiger partial charge in [0.2, 0.25) is 0 Å². The Morgan fingerprint density at radius 1 is 1.29 bits per heavy atom. The number of ketones is 1. The maximum atomic E-state index is 12.8. The molecule has 0 bridgehead atoms. The summed E-state index contributed by atoms with van der Waals surface area (Å²) in [5.41, 5.74) is 1.78. The molecule has 4 heteroatoms. The summed E-state index contributed by atoms with van der Waals surface area (Å²) in [6, 6.07) is 6.30. The second kappa shape index (κ2) is 6.47. The molecule has 3 nitrogen and oxygen atoms in total. The summed E-state index contributed by atoms with van der Waals surface area (Å²) in [5.74, 6) is 0.243. The van der Waals surface area contributed by atoms with E-state index in [-0.39, 0.29) is 11.8 Å². The molecule has 0 aliphatic carbocycles. The first-order valence-corrected chi connectivity index (χ1v) is 8.31. The van der Waals surface area contributed by atoms with Gasteiger partial charge in [-0.1, -0.05) is 23.7 Å². The number of nitrogens with zero attached hydrogens (tertiary/aromatic N) is 1. The quantitative estimate of drug-likeness (QED) is 0.871. The fraction of sp³-hybridized carbons (Fsp3) is 0.588. The van der Waals surface area contributed by atoms with Crippen molar-refractivity contribution in [2.45, 2.75) is 44.7 Å². The monoisotopic (exact) mass is 306 g/mol. The number of nitrogens with one attached hydrogen (secondary N) is 1. The van der Waals surface area contributed by atoms with Crippen molar-refractivity contribution >= 4 is 17.4 Å². The van der Waals surface area contributed by atoms with E-state index in [0.29, 0.717) is 11.1 Å². The van der Waals surface area contributed by atoms with Gasteiger partial charge in [0, 0.05) is 16.6 Å². The third-order valence-electron chi connectivity index (χ3n) is 4.83. The molecule has 1 aromatic carbocycles. The number of Topliss-reactive ketones (excluding diaryl/α,β-unsaturated/α-hetero) is 1. The van der Waals surface area contributed by atoms with Crippen LogP contribution in [0.4, 0.5) is 0 Å². The molecule has 0 aromatic heterocycles. The number of hydrogen-bond donors (Lipinski definition) is 1. The van der Waals surface area contributed by atoms with Crippen LogP contribution in [0.5, 0.6) is 0 Å². The lowest BCUT2D eigenvalue weighted by molar-refractivity contribution is 0.0783. The fourth-order valence-corrected chi connectivity index (χ4v) is 3.77. The summed E-state index contributed by atoms with van der Waals surface area (Å²) in [6.07, 6.45) is 4.41. The van der Waals surface area contributed by atoms with Gasteiger partial charge in [-0.05, 0) is 63.9 Å². The molecule has 1 N–H and O–H groups in total. The van der Waals surface area contributed by atoms with Crippen LogP contribution in [0.25, 0.3) is 0 Å². The van der Waals surface area contributed by atoms with Crippen molar-refractivity contribution in [2.24, 2.45) is 0 Å². The lowest BCUT2D eigenvalue weighted by atomic mass is 9.98. The molecule has 2 heterocycles. The number of likely N-dealkylation sites (tertiary alicyclic amines) is 1. The van der Waals surface area contributed by atoms with E-state index >= 15 is 0 Å². The van der Waals surface area contributed by atoms with E-state index in [1.165, 1.54) is 0 Å².